The van der Waals surface area contributed by atoms with E-state index in [1.807, 2.05) is 27.7 Å². The summed E-state index contributed by atoms with van der Waals surface area (Å²) >= 11 is 0. The van der Waals surface area contributed by atoms with E-state index in [4.69, 9.17) is 4.52 Å². The zero-order valence-corrected chi connectivity index (χ0v) is 11.9. The van der Waals surface area contributed by atoms with Crippen LogP contribution in [0, 0.1) is 0 Å². The number of rotatable bonds is 2. The van der Waals surface area contributed by atoms with Crippen molar-refractivity contribution in [1.29, 1.82) is 0 Å². The molecular formula is C15H15N5O2. The predicted octanol–water partition coefficient (Wildman–Crippen LogP) is 1.74. The summed E-state index contributed by atoms with van der Waals surface area (Å²) < 4.78 is 6.83. The monoisotopic (exact) mass is 297 g/mol. The Morgan fingerprint density at radius 3 is 2.77 bits per heavy atom. The van der Waals surface area contributed by atoms with Crippen LogP contribution in [-0.2, 0) is 0 Å². The number of carbonyl (C=O) groups excluding carboxylic acids is 1. The summed E-state index contributed by atoms with van der Waals surface area (Å²) in [4.78, 5) is 18.3. The summed E-state index contributed by atoms with van der Waals surface area (Å²) in [6.07, 6.45) is 6.87. The minimum Gasteiger partial charge on any atom is -0.351 e. The molecule has 22 heavy (non-hydrogen) atoms. The Morgan fingerprint density at radius 1 is 1.14 bits per heavy atom. The van der Waals surface area contributed by atoms with Gasteiger partial charge in [-0.25, -0.2) is 9.50 Å². The fourth-order valence-electron chi connectivity index (χ4n) is 3.02. The average Bonchev–Trinajstić information content (AvgIpc) is 3.25. The van der Waals surface area contributed by atoms with Gasteiger partial charge in [0.15, 0.2) is 5.65 Å². The first-order chi connectivity index (χ1) is 10.8. The van der Waals surface area contributed by atoms with Crippen LogP contribution in [0.15, 0.2) is 41.3 Å². The molecule has 3 aromatic heterocycles. The molecule has 1 amide bonds. The van der Waals surface area contributed by atoms with Crippen LogP contribution >= 0.6 is 0 Å². The zero-order chi connectivity index (χ0) is 14.9. The lowest BCUT2D eigenvalue weighted by molar-refractivity contribution is 0.0669. The van der Waals surface area contributed by atoms with Crippen LogP contribution in [-0.4, -0.2) is 43.7 Å². The maximum atomic E-state index is 12.2. The number of likely N-dealkylation sites (tertiary alicyclic amines) is 1. The molecule has 4 rings (SSSR count). The largest absolute Gasteiger partial charge is 0.351 e. The number of amides is 1. The molecule has 112 valence electrons. The summed E-state index contributed by atoms with van der Waals surface area (Å²) in [6, 6.07) is 5.51. The van der Waals surface area contributed by atoms with Crippen molar-refractivity contribution in [2.24, 2.45) is 0 Å². The van der Waals surface area contributed by atoms with E-state index in [0.29, 0.717) is 24.8 Å². The van der Waals surface area contributed by atoms with Crippen molar-refractivity contribution in [3.05, 3.63) is 48.2 Å². The van der Waals surface area contributed by atoms with E-state index in [1.54, 1.807) is 12.3 Å². The van der Waals surface area contributed by atoms with Crippen LogP contribution in [0.3, 0.4) is 0 Å². The number of fused-ring (bicyclic) bond motifs is 1. The summed E-state index contributed by atoms with van der Waals surface area (Å²) in [6.45, 7) is 1.41. The highest BCUT2D eigenvalue weighted by Gasteiger charge is 2.27. The topological polar surface area (TPSA) is 76.5 Å². The van der Waals surface area contributed by atoms with Gasteiger partial charge in [0.1, 0.15) is 0 Å². The molecule has 0 aromatic carbocycles. The van der Waals surface area contributed by atoms with Crippen LogP contribution < -0.4 is 0 Å². The van der Waals surface area contributed by atoms with Crippen LogP contribution in [0.4, 0.5) is 0 Å². The maximum Gasteiger partial charge on any atom is 0.292 e. The van der Waals surface area contributed by atoms with E-state index >= 15 is 0 Å². The van der Waals surface area contributed by atoms with Crippen LogP contribution in [0.25, 0.3) is 5.65 Å². The smallest absolute Gasteiger partial charge is 0.292 e. The lowest BCUT2D eigenvalue weighted by Gasteiger charge is -2.31. The lowest BCUT2D eigenvalue weighted by atomic mass is 9.93. The van der Waals surface area contributed by atoms with Gasteiger partial charge in [-0.05, 0) is 18.9 Å². The molecule has 0 N–H and O–H groups in total. The van der Waals surface area contributed by atoms with Gasteiger partial charge >= 0.3 is 0 Å². The van der Waals surface area contributed by atoms with Crippen LogP contribution in [0.1, 0.15) is 35.0 Å². The van der Waals surface area contributed by atoms with Crippen molar-refractivity contribution in [3.63, 3.8) is 0 Å². The molecule has 3 aromatic rings. The Hall–Kier alpha value is -2.70. The number of hydrogen-bond donors (Lipinski definition) is 0. The maximum absolute atomic E-state index is 12.2. The second-order valence-electron chi connectivity index (χ2n) is 5.41. The van der Waals surface area contributed by atoms with Gasteiger partial charge in [0.2, 0.25) is 5.76 Å². The van der Waals surface area contributed by atoms with Gasteiger partial charge in [0.05, 0.1) is 12.4 Å². The molecule has 0 atom stereocenters. The predicted molar refractivity (Wildman–Crippen MR) is 77.4 cm³/mol. The molecular weight excluding hydrogens is 282 g/mol. The third-order valence-electron chi connectivity index (χ3n) is 4.17. The summed E-state index contributed by atoms with van der Waals surface area (Å²) in [7, 11) is 0. The molecule has 0 unspecified atom stereocenters. The van der Waals surface area contributed by atoms with Crippen LogP contribution in [0.2, 0.25) is 0 Å². The SMILES string of the molecule is O=C(c1ccno1)N1CCC(c2ccnc3ccnn23)CC1. The van der Waals surface area contributed by atoms with E-state index in [1.165, 1.54) is 6.20 Å². The van der Waals surface area contributed by atoms with Crippen LogP contribution in [0.5, 0.6) is 0 Å². The molecule has 0 bridgehead atoms. The quantitative estimate of drug-likeness (QED) is 0.720. The highest BCUT2D eigenvalue weighted by atomic mass is 16.5. The third kappa shape index (κ3) is 2.14. The molecule has 1 fully saturated rings. The standard InChI is InChI=1S/C15H15N5O2/c21-15(13-2-8-18-22-13)19-9-4-11(5-10-19)12-1-6-16-14-3-7-17-20(12)14/h1-3,6-8,11H,4-5,9-10H2. The van der Waals surface area contributed by atoms with Crippen molar-refractivity contribution in [3.8, 4) is 0 Å². The van der Waals surface area contributed by atoms with Gasteiger partial charge in [-0.1, -0.05) is 5.16 Å². The molecule has 0 aliphatic carbocycles. The molecule has 1 aliphatic rings. The second kappa shape index (κ2) is 5.25. The van der Waals surface area contributed by atoms with E-state index in [0.717, 1.165) is 24.2 Å². The second-order valence-corrected chi connectivity index (χ2v) is 5.41. The molecule has 0 saturated carbocycles. The normalized spacial score (nSPS) is 16.3. The Bertz CT molecular complexity index is 787. The number of hydrogen-bond acceptors (Lipinski definition) is 5. The van der Waals surface area contributed by atoms with Crippen molar-refractivity contribution >= 4 is 11.6 Å². The zero-order valence-electron chi connectivity index (χ0n) is 11.9. The van der Waals surface area contributed by atoms with Gasteiger partial charge in [0.25, 0.3) is 5.91 Å². The highest BCUT2D eigenvalue weighted by Crippen LogP contribution is 2.28. The molecule has 7 heteroatoms. The van der Waals surface area contributed by atoms with E-state index in [-0.39, 0.29) is 5.91 Å². The average molecular weight is 297 g/mol. The molecule has 7 nitrogen and oxygen atoms in total. The minimum absolute atomic E-state index is 0.0880. The fraction of sp³-hybridized carbons (Fsp3) is 0.333. The molecule has 4 heterocycles. The van der Waals surface area contributed by atoms with Crippen molar-refractivity contribution in [2.75, 3.05) is 13.1 Å². The first-order valence-electron chi connectivity index (χ1n) is 7.31. The van der Waals surface area contributed by atoms with E-state index < -0.39 is 0 Å². The fourth-order valence-corrected chi connectivity index (χ4v) is 3.02. The highest BCUT2D eigenvalue weighted by molar-refractivity contribution is 5.91. The van der Waals surface area contributed by atoms with E-state index in [2.05, 4.69) is 15.2 Å². The molecule has 0 spiro atoms. The Morgan fingerprint density at radius 2 is 2.00 bits per heavy atom. The number of carbonyl (C=O) groups is 1. The number of aromatic nitrogens is 4. The van der Waals surface area contributed by atoms with Gasteiger partial charge in [-0.3, -0.25) is 4.79 Å². The summed E-state index contributed by atoms with van der Waals surface area (Å²) in [5.74, 6) is 0.593. The molecule has 1 aliphatic heterocycles. The van der Waals surface area contributed by atoms with Gasteiger partial charge in [-0.15, -0.1) is 0 Å². The van der Waals surface area contributed by atoms with Crippen molar-refractivity contribution < 1.29 is 9.32 Å². The summed E-state index contributed by atoms with van der Waals surface area (Å²) in [5, 5.41) is 7.93. The Balaban J connectivity index is 1.50. The third-order valence-corrected chi connectivity index (χ3v) is 4.17. The number of nitrogens with zero attached hydrogens (tertiary/aromatic N) is 5. The first-order valence-corrected chi connectivity index (χ1v) is 7.31. The Labute approximate surface area is 126 Å². The molecule has 1 saturated heterocycles. The van der Waals surface area contributed by atoms with E-state index in [9.17, 15) is 4.79 Å². The first kappa shape index (κ1) is 13.0. The Kier molecular flexibility index (Phi) is 3.10. The van der Waals surface area contributed by atoms with Crippen molar-refractivity contribution in [2.45, 2.75) is 18.8 Å². The van der Waals surface area contributed by atoms with Gasteiger partial charge < -0.3 is 9.42 Å². The van der Waals surface area contributed by atoms with Gasteiger partial charge in [0, 0.05) is 43.0 Å². The number of piperidine rings is 1. The minimum atomic E-state index is -0.0880. The lowest BCUT2D eigenvalue weighted by Crippen LogP contribution is -2.38. The summed E-state index contributed by atoms with van der Waals surface area (Å²) in [5.41, 5.74) is 2.01. The molecule has 0 radical (unpaired) electrons. The van der Waals surface area contributed by atoms with Crippen molar-refractivity contribution in [1.82, 2.24) is 24.7 Å². The van der Waals surface area contributed by atoms with Gasteiger partial charge in [-0.2, -0.15) is 5.10 Å².